The number of hydrogen-bond donors (Lipinski definition) is 2. The molecule has 0 aliphatic carbocycles. The van der Waals surface area contributed by atoms with E-state index in [0.717, 1.165) is 4.88 Å². The number of nitrogens with one attached hydrogen (secondary N) is 2. The molecule has 0 saturated heterocycles. The first-order valence-electron chi connectivity index (χ1n) is 10.5. The van der Waals surface area contributed by atoms with Gasteiger partial charge < -0.3 is 5.32 Å². The highest BCUT2D eigenvalue weighted by Gasteiger charge is 2.28. The van der Waals surface area contributed by atoms with Gasteiger partial charge in [-0.05, 0) is 32.2 Å². The zero-order valence-corrected chi connectivity index (χ0v) is 20.3. The summed E-state index contributed by atoms with van der Waals surface area (Å²) in [5.41, 5.74) is 1.88. The third-order valence-electron chi connectivity index (χ3n) is 5.66. The van der Waals surface area contributed by atoms with Crippen LogP contribution in [0.4, 0.5) is 5.82 Å². The monoisotopic (exact) mass is 495 g/mol. The molecule has 174 valence electrons. The number of anilines is 1. The van der Waals surface area contributed by atoms with Gasteiger partial charge in [-0.15, -0.1) is 11.3 Å². The van der Waals surface area contributed by atoms with Crippen LogP contribution in [-0.4, -0.2) is 41.0 Å². The van der Waals surface area contributed by atoms with Gasteiger partial charge in [-0.3, -0.25) is 23.9 Å². The molecule has 5 heterocycles. The first-order chi connectivity index (χ1) is 16.3. The van der Waals surface area contributed by atoms with Crippen molar-refractivity contribution < 1.29 is 4.79 Å². The Bertz CT molecular complexity index is 1520. The smallest absolute Gasteiger partial charge is 0.257 e. The second-order valence-electron chi connectivity index (χ2n) is 8.02. The Balaban J connectivity index is 1.47. The van der Waals surface area contributed by atoms with Crippen molar-refractivity contribution in [3.05, 3.63) is 67.3 Å². The summed E-state index contributed by atoms with van der Waals surface area (Å²) in [6, 6.07) is 5.28. The molecule has 2 N–H and O–H groups in total. The molecule has 5 rings (SSSR count). The van der Waals surface area contributed by atoms with Gasteiger partial charge in [0, 0.05) is 41.3 Å². The number of thioether (sulfide) groups is 1. The van der Waals surface area contributed by atoms with Gasteiger partial charge in [0.1, 0.15) is 11.5 Å². The van der Waals surface area contributed by atoms with E-state index in [1.54, 1.807) is 37.6 Å². The fourth-order valence-electron chi connectivity index (χ4n) is 3.69. The van der Waals surface area contributed by atoms with Crippen molar-refractivity contribution in [2.45, 2.75) is 38.4 Å². The lowest BCUT2D eigenvalue weighted by Gasteiger charge is -2.14. The Kier molecular flexibility index (Phi) is 5.70. The van der Waals surface area contributed by atoms with E-state index in [9.17, 15) is 14.4 Å². The van der Waals surface area contributed by atoms with Gasteiger partial charge in [-0.1, -0.05) is 17.8 Å². The number of carbonyl (C=O) groups excluding carboxylic acids is 1. The zero-order valence-electron chi connectivity index (χ0n) is 18.7. The molecule has 4 aromatic rings. The van der Waals surface area contributed by atoms with Gasteiger partial charge in [0.25, 0.3) is 11.1 Å². The first-order valence-corrected chi connectivity index (χ1v) is 12.4. The fraction of sp³-hybridized carbons (Fsp3) is 0.273. The Labute approximate surface area is 202 Å². The average molecular weight is 496 g/mol. The van der Waals surface area contributed by atoms with Crippen LogP contribution in [0.5, 0.6) is 0 Å². The molecule has 4 aromatic heterocycles. The van der Waals surface area contributed by atoms with Gasteiger partial charge in [0.2, 0.25) is 11.9 Å². The van der Waals surface area contributed by atoms with Crippen LogP contribution in [0.3, 0.4) is 0 Å². The van der Waals surface area contributed by atoms with Gasteiger partial charge in [0.05, 0.1) is 10.9 Å². The van der Waals surface area contributed by atoms with Crippen LogP contribution in [0, 0.1) is 20.8 Å². The van der Waals surface area contributed by atoms with Crippen LogP contribution in [0.15, 0.2) is 44.5 Å². The molecule has 1 atom stereocenters. The van der Waals surface area contributed by atoms with Gasteiger partial charge in [0.15, 0.2) is 5.16 Å². The lowest BCUT2D eigenvalue weighted by molar-refractivity contribution is -0.116. The minimum Gasteiger partial charge on any atom is -0.310 e. The average Bonchev–Trinajstić information content (AvgIpc) is 3.54. The molecule has 1 amide bonds. The Hall–Kier alpha value is -3.51. The largest absolute Gasteiger partial charge is 0.310 e. The van der Waals surface area contributed by atoms with Crippen LogP contribution in [-0.2, 0) is 4.79 Å². The van der Waals surface area contributed by atoms with Gasteiger partial charge in [-0.25, -0.2) is 9.97 Å². The number of H-pyrrole nitrogens is 1. The molecule has 0 fully saturated rings. The number of fused-ring (bicyclic) bond motifs is 1. The molecule has 0 saturated carbocycles. The van der Waals surface area contributed by atoms with E-state index in [-0.39, 0.29) is 35.4 Å². The van der Waals surface area contributed by atoms with E-state index < -0.39 is 0 Å². The van der Waals surface area contributed by atoms with Crippen molar-refractivity contribution in [2.75, 3.05) is 11.1 Å². The highest BCUT2D eigenvalue weighted by Crippen LogP contribution is 2.32. The summed E-state index contributed by atoms with van der Waals surface area (Å²) in [5.74, 6) is 0.895. The van der Waals surface area contributed by atoms with Crippen LogP contribution in [0.1, 0.15) is 29.3 Å². The van der Waals surface area contributed by atoms with E-state index in [4.69, 9.17) is 0 Å². The normalized spacial score (nSPS) is 14.9. The maximum absolute atomic E-state index is 13.1. The van der Waals surface area contributed by atoms with Gasteiger partial charge >= 0.3 is 0 Å². The van der Waals surface area contributed by atoms with Crippen molar-refractivity contribution in [3.8, 4) is 16.5 Å². The van der Waals surface area contributed by atoms with E-state index in [2.05, 4.69) is 25.4 Å². The molecule has 0 spiro atoms. The summed E-state index contributed by atoms with van der Waals surface area (Å²) in [4.78, 5) is 50.4. The number of aryl methyl sites for hydroxylation is 2. The van der Waals surface area contributed by atoms with E-state index in [1.807, 2.05) is 17.5 Å². The number of aromatic amines is 1. The molecular weight excluding hydrogens is 474 g/mol. The summed E-state index contributed by atoms with van der Waals surface area (Å²) in [6.07, 6.45) is 1.66. The molecule has 0 aromatic carbocycles. The fourth-order valence-corrected chi connectivity index (χ4v) is 5.47. The zero-order chi connectivity index (χ0) is 24.0. The molecule has 1 aliphatic heterocycles. The third kappa shape index (κ3) is 3.99. The molecule has 1 aliphatic rings. The molecule has 0 radical (unpaired) electrons. The summed E-state index contributed by atoms with van der Waals surface area (Å²) < 4.78 is 3.02. The predicted octanol–water partition coefficient (Wildman–Crippen LogP) is 2.84. The van der Waals surface area contributed by atoms with Crippen LogP contribution >= 0.6 is 23.1 Å². The van der Waals surface area contributed by atoms with Crippen molar-refractivity contribution in [3.63, 3.8) is 0 Å². The number of aromatic nitrogens is 6. The minimum absolute atomic E-state index is 0.0986. The SMILES string of the molecule is Cc1nc(-n2nc(-c3cccs3)cc2NC(=O)CC2CSc3ncc(C)c(=O)n32)[nH]c(=O)c1C. The van der Waals surface area contributed by atoms with Crippen LogP contribution < -0.4 is 16.4 Å². The Morgan fingerprint density at radius 1 is 1.29 bits per heavy atom. The second-order valence-corrected chi connectivity index (χ2v) is 9.95. The topological polar surface area (TPSA) is 128 Å². The maximum Gasteiger partial charge on any atom is 0.257 e. The Morgan fingerprint density at radius 3 is 2.85 bits per heavy atom. The first kappa shape index (κ1) is 22.3. The number of carbonyl (C=O) groups is 1. The van der Waals surface area contributed by atoms with Crippen molar-refractivity contribution >= 4 is 34.8 Å². The molecular formula is C22H21N7O3S2. The number of thiophene rings is 1. The van der Waals surface area contributed by atoms with E-state index in [1.165, 1.54) is 27.8 Å². The summed E-state index contributed by atoms with van der Waals surface area (Å²) in [6.45, 7) is 5.16. The molecule has 12 heteroatoms. The maximum atomic E-state index is 13.1. The predicted molar refractivity (Wildman–Crippen MR) is 131 cm³/mol. The summed E-state index contributed by atoms with van der Waals surface area (Å²) in [7, 11) is 0. The van der Waals surface area contributed by atoms with Crippen LogP contribution in [0.2, 0.25) is 0 Å². The number of hydrogen-bond acceptors (Lipinski definition) is 8. The quantitative estimate of drug-likeness (QED) is 0.408. The van der Waals surface area contributed by atoms with Crippen molar-refractivity contribution in [1.82, 2.24) is 29.3 Å². The van der Waals surface area contributed by atoms with E-state index >= 15 is 0 Å². The molecule has 10 nitrogen and oxygen atoms in total. The molecule has 0 bridgehead atoms. The van der Waals surface area contributed by atoms with Crippen LogP contribution in [0.25, 0.3) is 16.5 Å². The third-order valence-corrected chi connectivity index (χ3v) is 7.66. The lowest BCUT2D eigenvalue weighted by atomic mass is 10.2. The number of amides is 1. The summed E-state index contributed by atoms with van der Waals surface area (Å²) in [5, 5.41) is 10.0. The van der Waals surface area contributed by atoms with Crippen molar-refractivity contribution in [2.24, 2.45) is 0 Å². The standard InChI is InChI=1S/C22H21N7O3S2/c1-11-9-23-22-28(20(11)32)14(10-34-22)7-18(30)25-17-8-15(16-5-4-6-33-16)27-29(17)21-24-13(3)12(2)19(31)26-21/h4-6,8-9,14H,7,10H2,1-3H3,(H,25,30)(H,24,26,31). The highest BCUT2D eigenvalue weighted by atomic mass is 32.2. The molecule has 1 unspecified atom stereocenters. The minimum atomic E-state index is -0.299. The summed E-state index contributed by atoms with van der Waals surface area (Å²) >= 11 is 2.97. The Morgan fingerprint density at radius 2 is 2.12 bits per heavy atom. The lowest BCUT2D eigenvalue weighted by Crippen LogP contribution is -2.29. The van der Waals surface area contributed by atoms with Gasteiger partial charge in [-0.2, -0.15) is 9.78 Å². The second kappa shape index (κ2) is 8.69. The van der Waals surface area contributed by atoms with E-state index in [0.29, 0.717) is 39.2 Å². The molecule has 34 heavy (non-hydrogen) atoms. The highest BCUT2D eigenvalue weighted by molar-refractivity contribution is 7.99. The number of rotatable bonds is 5. The number of nitrogens with zero attached hydrogens (tertiary/aromatic N) is 5. The van der Waals surface area contributed by atoms with Crippen molar-refractivity contribution in [1.29, 1.82) is 0 Å².